The van der Waals surface area contributed by atoms with Crippen LogP contribution in [0.3, 0.4) is 0 Å². The summed E-state index contributed by atoms with van der Waals surface area (Å²) in [4.78, 5) is 12.8. The highest BCUT2D eigenvalue weighted by atomic mass is 35.5. The van der Waals surface area contributed by atoms with E-state index >= 15 is 0 Å². The summed E-state index contributed by atoms with van der Waals surface area (Å²) in [6, 6.07) is 4.06. The fraction of sp³-hybridized carbons (Fsp3) is 0.400. The third-order valence-corrected chi connectivity index (χ3v) is 3.96. The van der Waals surface area contributed by atoms with Gasteiger partial charge in [-0.15, -0.1) is 0 Å². The quantitative estimate of drug-likeness (QED) is 0.944. The maximum atomic E-state index is 7.87. The molecule has 1 radical (unpaired) electrons. The van der Waals surface area contributed by atoms with E-state index in [-0.39, 0.29) is 12.1 Å². The van der Waals surface area contributed by atoms with E-state index in [2.05, 4.69) is 20.3 Å². The summed E-state index contributed by atoms with van der Waals surface area (Å²) >= 11 is 6.19. The average Bonchev–Trinajstić information content (AvgIpc) is 2.50. The third kappa shape index (κ3) is 3.49. The number of rotatable bonds is 3. The maximum absolute atomic E-state index is 7.87. The minimum Gasteiger partial charge on any atom is -0.351 e. The molecule has 2 atom stereocenters. The van der Waals surface area contributed by atoms with Gasteiger partial charge in [0.2, 0.25) is 5.95 Å². The molecule has 109 valence electrons. The van der Waals surface area contributed by atoms with Gasteiger partial charge in [-0.2, -0.15) is 0 Å². The van der Waals surface area contributed by atoms with E-state index in [9.17, 15) is 0 Å². The first kappa shape index (κ1) is 14.2. The zero-order valence-corrected chi connectivity index (χ0v) is 12.3. The molecule has 3 rings (SSSR count). The second kappa shape index (κ2) is 6.37. The van der Waals surface area contributed by atoms with Crippen molar-refractivity contribution in [1.82, 2.24) is 20.7 Å². The SMILES string of the molecule is [NH][C@H]1CCC[C@@H](Nc2ncc(Cl)c(-c3cccnc3)n2)C1. The molecule has 0 saturated heterocycles. The lowest BCUT2D eigenvalue weighted by Crippen LogP contribution is -2.31. The van der Waals surface area contributed by atoms with Crippen molar-refractivity contribution in [1.29, 1.82) is 0 Å². The Hall–Kier alpha value is -1.72. The summed E-state index contributed by atoms with van der Waals surface area (Å²) in [5, 5.41) is 3.84. The highest BCUT2D eigenvalue weighted by Gasteiger charge is 2.20. The minimum atomic E-state index is 0.0151. The maximum Gasteiger partial charge on any atom is 0.223 e. The van der Waals surface area contributed by atoms with Gasteiger partial charge in [0.05, 0.1) is 16.9 Å². The van der Waals surface area contributed by atoms with Gasteiger partial charge >= 0.3 is 0 Å². The van der Waals surface area contributed by atoms with Crippen molar-refractivity contribution in [3.8, 4) is 11.3 Å². The Labute approximate surface area is 129 Å². The summed E-state index contributed by atoms with van der Waals surface area (Å²) in [6.07, 6.45) is 9.03. The number of hydrogen-bond acceptors (Lipinski definition) is 4. The van der Waals surface area contributed by atoms with Crippen LogP contribution in [0, 0.1) is 0 Å². The summed E-state index contributed by atoms with van der Waals surface area (Å²) < 4.78 is 0. The molecule has 0 spiro atoms. The van der Waals surface area contributed by atoms with Crippen LogP contribution in [0.2, 0.25) is 5.02 Å². The van der Waals surface area contributed by atoms with Crippen LogP contribution in [-0.4, -0.2) is 27.0 Å². The summed E-state index contributed by atoms with van der Waals surface area (Å²) in [7, 11) is 0. The molecular formula is C15H17ClN5. The first-order chi connectivity index (χ1) is 10.2. The van der Waals surface area contributed by atoms with Gasteiger partial charge in [-0.1, -0.05) is 11.6 Å². The Morgan fingerprint density at radius 3 is 2.95 bits per heavy atom. The van der Waals surface area contributed by atoms with E-state index in [1.807, 2.05) is 12.1 Å². The van der Waals surface area contributed by atoms with Crippen LogP contribution in [0.1, 0.15) is 25.7 Å². The van der Waals surface area contributed by atoms with Gasteiger partial charge in [-0.3, -0.25) is 10.7 Å². The lowest BCUT2D eigenvalue weighted by Gasteiger charge is -2.26. The van der Waals surface area contributed by atoms with Crippen molar-refractivity contribution in [2.45, 2.75) is 37.8 Å². The topological polar surface area (TPSA) is 74.5 Å². The highest BCUT2D eigenvalue weighted by Crippen LogP contribution is 2.26. The predicted octanol–water partition coefficient (Wildman–Crippen LogP) is 3.20. The number of aromatic nitrogens is 3. The van der Waals surface area contributed by atoms with Crippen molar-refractivity contribution in [3.05, 3.63) is 35.7 Å². The van der Waals surface area contributed by atoms with Crippen molar-refractivity contribution in [3.63, 3.8) is 0 Å². The van der Waals surface area contributed by atoms with Crippen molar-refractivity contribution in [2.24, 2.45) is 0 Å². The van der Waals surface area contributed by atoms with Crippen molar-refractivity contribution in [2.75, 3.05) is 5.32 Å². The van der Waals surface area contributed by atoms with Gasteiger partial charge < -0.3 is 5.32 Å². The molecule has 0 aliphatic heterocycles. The zero-order chi connectivity index (χ0) is 14.7. The molecule has 2 aromatic heterocycles. The van der Waals surface area contributed by atoms with E-state index in [0.29, 0.717) is 16.7 Å². The molecule has 1 fully saturated rings. The molecule has 0 aromatic carbocycles. The molecule has 1 aliphatic rings. The van der Waals surface area contributed by atoms with E-state index in [0.717, 1.165) is 31.2 Å². The summed E-state index contributed by atoms with van der Waals surface area (Å²) in [5.41, 5.74) is 9.42. The zero-order valence-electron chi connectivity index (χ0n) is 11.6. The van der Waals surface area contributed by atoms with Gasteiger partial charge in [0, 0.05) is 30.0 Å². The molecule has 21 heavy (non-hydrogen) atoms. The summed E-state index contributed by atoms with van der Waals surface area (Å²) in [6.45, 7) is 0. The predicted molar refractivity (Wildman–Crippen MR) is 83.0 cm³/mol. The summed E-state index contributed by atoms with van der Waals surface area (Å²) in [5.74, 6) is 0.567. The molecule has 0 bridgehead atoms. The standard InChI is InChI=1S/C15H17ClN5/c16-13-9-19-15(20-12-5-1-4-11(17)7-12)21-14(13)10-3-2-6-18-8-10/h2-3,6,8-9,11-12,17H,1,4-5,7H2,(H,19,20,21)/t11-,12+/m0/s1. The number of pyridine rings is 1. The van der Waals surface area contributed by atoms with Gasteiger partial charge in [0.15, 0.2) is 0 Å². The second-order valence-electron chi connectivity index (χ2n) is 5.34. The Kier molecular flexibility index (Phi) is 4.31. The monoisotopic (exact) mass is 302 g/mol. The van der Waals surface area contributed by atoms with Crippen LogP contribution in [0.4, 0.5) is 5.95 Å². The number of nitrogens with zero attached hydrogens (tertiary/aromatic N) is 3. The largest absolute Gasteiger partial charge is 0.351 e. The molecule has 2 heterocycles. The van der Waals surface area contributed by atoms with Crippen LogP contribution >= 0.6 is 11.6 Å². The lowest BCUT2D eigenvalue weighted by molar-refractivity contribution is 0.400. The normalized spacial score (nSPS) is 22.0. The highest BCUT2D eigenvalue weighted by molar-refractivity contribution is 6.32. The smallest absolute Gasteiger partial charge is 0.223 e. The van der Waals surface area contributed by atoms with Crippen LogP contribution < -0.4 is 11.1 Å². The van der Waals surface area contributed by atoms with E-state index in [1.165, 1.54) is 0 Å². The first-order valence-corrected chi connectivity index (χ1v) is 7.51. The first-order valence-electron chi connectivity index (χ1n) is 7.13. The van der Waals surface area contributed by atoms with Gasteiger partial charge in [0.25, 0.3) is 0 Å². The van der Waals surface area contributed by atoms with Crippen LogP contribution in [0.15, 0.2) is 30.7 Å². The molecule has 0 unspecified atom stereocenters. The molecule has 5 nitrogen and oxygen atoms in total. The minimum absolute atomic E-state index is 0.0151. The third-order valence-electron chi connectivity index (χ3n) is 3.69. The van der Waals surface area contributed by atoms with Crippen molar-refractivity contribution >= 4 is 17.5 Å². The van der Waals surface area contributed by atoms with Gasteiger partial charge in [-0.05, 0) is 37.8 Å². The molecule has 6 heteroatoms. The average molecular weight is 303 g/mol. The van der Waals surface area contributed by atoms with Crippen molar-refractivity contribution < 1.29 is 0 Å². The number of halogens is 1. The fourth-order valence-corrected chi connectivity index (χ4v) is 2.85. The Morgan fingerprint density at radius 1 is 1.29 bits per heavy atom. The van der Waals surface area contributed by atoms with Crippen LogP contribution in [0.5, 0.6) is 0 Å². The fourth-order valence-electron chi connectivity index (χ4n) is 2.65. The number of anilines is 1. The Morgan fingerprint density at radius 2 is 2.19 bits per heavy atom. The molecule has 2 N–H and O–H groups in total. The van der Waals surface area contributed by atoms with Gasteiger partial charge in [0.1, 0.15) is 0 Å². The second-order valence-corrected chi connectivity index (χ2v) is 5.74. The molecule has 2 aromatic rings. The number of nitrogens with one attached hydrogen (secondary N) is 2. The molecule has 0 amide bonds. The molecule has 1 aliphatic carbocycles. The van der Waals surface area contributed by atoms with E-state index in [1.54, 1.807) is 18.6 Å². The van der Waals surface area contributed by atoms with Gasteiger partial charge in [-0.25, -0.2) is 9.97 Å². The Bertz CT molecular complexity index is 604. The Balaban J connectivity index is 1.81. The van der Waals surface area contributed by atoms with Crippen LogP contribution in [0.25, 0.3) is 11.3 Å². The lowest BCUT2D eigenvalue weighted by atomic mass is 9.92. The van der Waals surface area contributed by atoms with E-state index < -0.39 is 0 Å². The molecule has 1 saturated carbocycles. The van der Waals surface area contributed by atoms with E-state index in [4.69, 9.17) is 17.3 Å². The van der Waals surface area contributed by atoms with Crippen LogP contribution in [-0.2, 0) is 0 Å². The number of hydrogen-bond donors (Lipinski definition) is 1. The molecular weight excluding hydrogens is 286 g/mol.